The lowest BCUT2D eigenvalue weighted by Crippen LogP contribution is -2.48. The van der Waals surface area contributed by atoms with E-state index in [2.05, 4.69) is 15.2 Å². The average molecular weight is 385 g/mol. The molecule has 26 heavy (non-hydrogen) atoms. The Morgan fingerprint density at radius 2 is 1.85 bits per heavy atom. The summed E-state index contributed by atoms with van der Waals surface area (Å²) in [6.45, 7) is 4.29. The summed E-state index contributed by atoms with van der Waals surface area (Å²) in [5.41, 5.74) is 1.10. The van der Waals surface area contributed by atoms with Gasteiger partial charge in [-0.25, -0.2) is 4.79 Å². The molecule has 9 heteroatoms. The number of carbonyl (C=O) groups is 2. The Hall–Kier alpha value is -1.74. The molecule has 0 aliphatic carbocycles. The minimum atomic E-state index is -1.15. The first-order valence-electron chi connectivity index (χ1n) is 8.69. The van der Waals surface area contributed by atoms with Crippen LogP contribution in [0.3, 0.4) is 0 Å². The van der Waals surface area contributed by atoms with Crippen LogP contribution in [0.15, 0.2) is 24.5 Å². The van der Waals surface area contributed by atoms with Crippen LogP contribution >= 0.6 is 12.4 Å². The van der Waals surface area contributed by atoms with E-state index in [0.717, 1.165) is 44.7 Å². The van der Waals surface area contributed by atoms with Gasteiger partial charge in [0.25, 0.3) is 0 Å². The number of carbonyl (C=O) groups excluding carboxylic acids is 2. The summed E-state index contributed by atoms with van der Waals surface area (Å²) in [5, 5.41) is 4.82. The summed E-state index contributed by atoms with van der Waals surface area (Å²) >= 11 is 0. The number of ether oxygens (including phenoxy) is 1. The normalized spacial score (nSPS) is 20.1. The van der Waals surface area contributed by atoms with Crippen LogP contribution < -0.4 is 10.2 Å². The topological polar surface area (TPSA) is 84.0 Å². The Morgan fingerprint density at radius 1 is 1.19 bits per heavy atom. The number of hydrogen-bond donors (Lipinski definition) is 1. The molecule has 1 aromatic rings. The van der Waals surface area contributed by atoms with Gasteiger partial charge in [0, 0.05) is 31.2 Å². The number of hydroxylamine groups is 2. The van der Waals surface area contributed by atoms with Gasteiger partial charge in [0.1, 0.15) is 0 Å². The monoisotopic (exact) mass is 384 g/mol. The molecule has 3 rings (SSSR count). The second kappa shape index (κ2) is 10.4. The molecule has 8 nitrogen and oxygen atoms in total. The number of anilines is 1. The molecule has 0 amide bonds. The van der Waals surface area contributed by atoms with Crippen molar-refractivity contribution in [3.63, 3.8) is 0 Å². The first kappa shape index (κ1) is 20.6. The maximum atomic E-state index is 12.2. The Bertz CT molecular complexity index is 563. The van der Waals surface area contributed by atoms with Crippen molar-refractivity contribution < 1.29 is 19.2 Å². The molecule has 3 heterocycles. The van der Waals surface area contributed by atoms with Gasteiger partial charge < -0.3 is 19.8 Å². The number of rotatable bonds is 6. The maximum Gasteiger partial charge on any atom is 0.361 e. The number of nitrogens with zero attached hydrogens (tertiary/aromatic N) is 3. The third-order valence-corrected chi connectivity index (χ3v) is 4.47. The third kappa shape index (κ3) is 5.63. The zero-order chi connectivity index (χ0) is 17.5. The lowest BCUT2D eigenvalue weighted by molar-refractivity contribution is -0.205. The van der Waals surface area contributed by atoms with Crippen LogP contribution in [-0.4, -0.2) is 73.8 Å². The van der Waals surface area contributed by atoms with Gasteiger partial charge in [-0.1, -0.05) is 0 Å². The molecule has 1 aromatic heterocycles. The van der Waals surface area contributed by atoms with Gasteiger partial charge in [-0.3, -0.25) is 9.78 Å². The molecule has 0 saturated carbocycles. The van der Waals surface area contributed by atoms with E-state index in [1.165, 1.54) is 0 Å². The van der Waals surface area contributed by atoms with E-state index in [1.807, 2.05) is 12.1 Å². The summed E-state index contributed by atoms with van der Waals surface area (Å²) in [4.78, 5) is 35.0. The molecule has 0 spiro atoms. The van der Waals surface area contributed by atoms with Crippen molar-refractivity contribution in [1.82, 2.24) is 15.4 Å². The van der Waals surface area contributed by atoms with Crippen LogP contribution in [0, 0.1) is 0 Å². The molecular weight excluding hydrogens is 360 g/mol. The predicted octanol–water partition coefficient (Wildman–Crippen LogP) is 0.420. The minimum Gasteiger partial charge on any atom is -0.369 e. The molecular formula is C17H25ClN4O4. The molecule has 1 N–H and O–H groups in total. The highest BCUT2D eigenvalue weighted by atomic mass is 35.5. The van der Waals surface area contributed by atoms with Gasteiger partial charge in [0.05, 0.1) is 19.2 Å². The highest BCUT2D eigenvalue weighted by molar-refractivity contribution is 5.90. The fraction of sp³-hybridized carbons (Fsp3) is 0.588. The van der Waals surface area contributed by atoms with Crippen LogP contribution in [0.5, 0.6) is 0 Å². The number of nitrogens with one attached hydrogen (secondary N) is 1. The molecule has 2 saturated heterocycles. The van der Waals surface area contributed by atoms with Crippen LogP contribution in [0.4, 0.5) is 5.69 Å². The van der Waals surface area contributed by atoms with Crippen LogP contribution in [-0.2, 0) is 19.2 Å². The van der Waals surface area contributed by atoms with E-state index in [4.69, 9.17) is 9.57 Å². The standard InChI is InChI=1S/C17H24N4O4.ClH/c22-13-16(24-15-3-7-19-8-4-15)17(23)25-21-11-9-20(10-12-21)14-1-5-18-6-2-14;/h1-2,5-6,13,15-16,19H,3-4,7-12H2;1H. The van der Waals surface area contributed by atoms with Crippen LogP contribution in [0.1, 0.15) is 12.8 Å². The lowest BCUT2D eigenvalue weighted by Gasteiger charge is -2.35. The van der Waals surface area contributed by atoms with E-state index in [9.17, 15) is 9.59 Å². The van der Waals surface area contributed by atoms with Crippen molar-refractivity contribution in [2.45, 2.75) is 25.0 Å². The van der Waals surface area contributed by atoms with Gasteiger partial charge in [0.2, 0.25) is 6.10 Å². The van der Waals surface area contributed by atoms with E-state index in [-0.39, 0.29) is 18.5 Å². The van der Waals surface area contributed by atoms with Crippen LogP contribution in [0.2, 0.25) is 0 Å². The predicted molar refractivity (Wildman–Crippen MR) is 98.2 cm³/mol. The largest absolute Gasteiger partial charge is 0.369 e. The number of piperidine rings is 1. The molecule has 2 fully saturated rings. The smallest absolute Gasteiger partial charge is 0.361 e. The van der Waals surface area contributed by atoms with E-state index >= 15 is 0 Å². The molecule has 0 bridgehead atoms. The number of hydrogen-bond acceptors (Lipinski definition) is 8. The Balaban J connectivity index is 0.00000243. The van der Waals surface area contributed by atoms with Gasteiger partial charge in [-0.2, -0.15) is 0 Å². The second-order valence-corrected chi connectivity index (χ2v) is 6.17. The van der Waals surface area contributed by atoms with Crippen molar-refractivity contribution in [2.24, 2.45) is 0 Å². The number of piperazine rings is 1. The third-order valence-electron chi connectivity index (χ3n) is 4.47. The molecule has 1 atom stereocenters. The number of aldehydes is 1. The summed E-state index contributed by atoms with van der Waals surface area (Å²) in [7, 11) is 0. The van der Waals surface area contributed by atoms with E-state index < -0.39 is 12.1 Å². The molecule has 1 unspecified atom stereocenters. The summed E-state index contributed by atoms with van der Waals surface area (Å²) < 4.78 is 5.61. The van der Waals surface area contributed by atoms with Crippen molar-refractivity contribution in [2.75, 3.05) is 44.2 Å². The lowest BCUT2D eigenvalue weighted by atomic mass is 10.1. The Morgan fingerprint density at radius 3 is 2.46 bits per heavy atom. The van der Waals surface area contributed by atoms with E-state index in [1.54, 1.807) is 17.5 Å². The van der Waals surface area contributed by atoms with Gasteiger partial charge in [0.15, 0.2) is 6.29 Å². The quantitative estimate of drug-likeness (QED) is 0.558. The fourth-order valence-corrected chi connectivity index (χ4v) is 3.05. The zero-order valence-electron chi connectivity index (χ0n) is 14.6. The van der Waals surface area contributed by atoms with Crippen molar-refractivity contribution in [3.05, 3.63) is 24.5 Å². The maximum absolute atomic E-state index is 12.2. The second-order valence-electron chi connectivity index (χ2n) is 6.17. The van der Waals surface area contributed by atoms with Crippen LogP contribution in [0.25, 0.3) is 0 Å². The molecule has 144 valence electrons. The summed E-state index contributed by atoms with van der Waals surface area (Å²) in [5.74, 6) is -0.633. The van der Waals surface area contributed by atoms with Gasteiger partial charge >= 0.3 is 5.97 Å². The first-order chi connectivity index (χ1) is 12.3. The van der Waals surface area contributed by atoms with Gasteiger partial charge in [-0.15, -0.1) is 17.5 Å². The van der Waals surface area contributed by atoms with Crippen molar-refractivity contribution >= 4 is 30.3 Å². The van der Waals surface area contributed by atoms with Crippen molar-refractivity contribution in [3.8, 4) is 0 Å². The zero-order valence-corrected chi connectivity index (χ0v) is 15.4. The summed E-state index contributed by atoms with van der Waals surface area (Å²) in [6.07, 6.45) is 4.40. The molecule has 0 aromatic carbocycles. The Kier molecular flexibility index (Phi) is 8.24. The average Bonchev–Trinajstić information content (AvgIpc) is 2.68. The van der Waals surface area contributed by atoms with Gasteiger partial charge in [-0.05, 0) is 38.1 Å². The number of aromatic nitrogens is 1. The number of pyridine rings is 1. The number of halogens is 1. The fourth-order valence-electron chi connectivity index (χ4n) is 3.05. The SMILES string of the molecule is Cl.O=CC(OC1CCNCC1)C(=O)ON1CCN(c2ccncc2)CC1. The molecule has 2 aliphatic rings. The molecule has 0 radical (unpaired) electrons. The minimum absolute atomic E-state index is 0. The summed E-state index contributed by atoms with van der Waals surface area (Å²) in [6, 6.07) is 3.91. The highest BCUT2D eigenvalue weighted by Gasteiger charge is 2.29. The van der Waals surface area contributed by atoms with Crippen molar-refractivity contribution in [1.29, 1.82) is 0 Å². The first-order valence-corrected chi connectivity index (χ1v) is 8.69. The Labute approximate surface area is 159 Å². The van der Waals surface area contributed by atoms with E-state index in [0.29, 0.717) is 19.4 Å². The molecule has 2 aliphatic heterocycles. The highest BCUT2D eigenvalue weighted by Crippen LogP contribution is 2.16.